The van der Waals surface area contributed by atoms with Gasteiger partial charge in [-0.2, -0.15) is 0 Å². The van der Waals surface area contributed by atoms with Crippen molar-refractivity contribution < 1.29 is 42.1 Å². The van der Waals surface area contributed by atoms with Gasteiger partial charge < -0.3 is 18.9 Å². The topological polar surface area (TPSA) is 108 Å². The first-order valence-corrected chi connectivity index (χ1v) is 25.2. The van der Waals surface area contributed by atoms with Crippen LogP contribution < -0.4 is 0 Å². The molecule has 0 rings (SSSR count). The highest BCUT2D eigenvalue weighted by molar-refractivity contribution is 7.47. The van der Waals surface area contributed by atoms with Crippen molar-refractivity contribution in [2.24, 2.45) is 0 Å². The van der Waals surface area contributed by atoms with Crippen LogP contribution in [0, 0.1) is 0 Å². The van der Waals surface area contributed by atoms with Crippen LogP contribution in [0.5, 0.6) is 0 Å². The van der Waals surface area contributed by atoms with E-state index in [4.69, 9.17) is 18.5 Å². The molecule has 0 aromatic carbocycles. The number of allylic oxidation sites excluding steroid dienone is 6. The summed E-state index contributed by atoms with van der Waals surface area (Å²) in [5.41, 5.74) is 0. The summed E-state index contributed by atoms with van der Waals surface area (Å²) < 4.78 is 34.4. The summed E-state index contributed by atoms with van der Waals surface area (Å²) in [6, 6.07) is 0. The highest BCUT2D eigenvalue weighted by atomic mass is 31.2. The van der Waals surface area contributed by atoms with Crippen LogP contribution in [0.15, 0.2) is 36.5 Å². The molecule has 1 unspecified atom stereocenters. The molecule has 0 spiro atoms. The van der Waals surface area contributed by atoms with Gasteiger partial charge in [-0.1, -0.05) is 185 Å². The number of hydrogen-bond donors (Lipinski definition) is 1. The van der Waals surface area contributed by atoms with E-state index in [1.165, 1.54) is 103 Å². The summed E-state index contributed by atoms with van der Waals surface area (Å²) in [6.45, 7) is 4.31. The minimum Gasteiger partial charge on any atom is -0.462 e. The Bertz CT molecular complexity index is 1090. The summed E-state index contributed by atoms with van der Waals surface area (Å²) in [5.74, 6) is -0.811. The van der Waals surface area contributed by atoms with E-state index in [2.05, 4.69) is 50.3 Å². The van der Waals surface area contributed by atoms with Gasteiger partial charge in [-0.25, -0.2) is 4.57 Å². The molecule has 0 aliphatic rings. The van der Waals surface area contributed by atoms with Gasteiger partial charge in [0, 0.05) is 12.8 Å². The number of hydrogen-bond acceptors (Lipinski definition) is 7. The second-order valence-corrected chi connectivity index (χ2v) is 18.6. The first kappa shape index (κ1) is 56.2. The van der Waals surface area contributed by atoms with E-state index in [1.807, 2.05) is 21.1 Å². The van der Waals surface area contributed by atoms with E-state index in [9.17, 15) is 19.0 Å². The minimum absolute atomic E-state index is 0.0288. The predicted molar refractivity (Wildman–Crippen MR) is 243 cm³/mol. The van der Waals surface area contributed by atoms with Gasteiger partial charge in [0.25, 0.3) is 0 Å². The predicted octanol–water partition coefficient (Wildman–Crippen LogP) is 13.7. The van der Waals surface area contributed by atoms with Crippen LogP contribution in [-0.2, 0) is 32.7 Å². The summed E-state index contributed by atoms with van der Waals surface area (Å²) in [6.07, 6.45) is 46.2. The number of nitrogens with zero attached hydrogens (tertiary/aromatic N) is 1. The Morgan fingerprint density at radius 3 is 1.47 bits per heavy atom. The second kappa shape index (κ2) is 40.6. The molecule has 0 aliphatic carbocycles. The van der Waals surface area contributed by atoms with E-state index in [1.54, 1.807) is 0 Å². The van der Waals surface area contributed by atoms with Gasteiger partial charge in [-0.05, 0) is 44.9 Å². The van der Waals surface area contributed by atoms with Gasteiger partial charge in [-0.15, -0.1) is 0 Å². The Labute approximate surface area is 357 Å². The maximum Gasteiger partial charge on any atom is 0.472 e. The van der Waals surface area contributed by atoms with Crippen LogP contribution in [-0.4, -0.2) is 74.9 Å². The van der Waals surface area contributed by atoms with Crippen LogP contribution in [0.25, 0.3) is 0 Å². The molecular weight excluding hydrogens is 750 g/mol. The number of quaternary nitrogens is 1. The van der Waals surface area contributed by atoms with Crippen LogP contribution in [0.4, 0.5) is 0 Å². The van der Waals surface area contributed by atoms with Gasteiger partial charge in [0.1, 0.15) is 19.8 Å². The lowest BCUT2D eigenvalue weighted by atomic mass is 10.0. The number of carbonyl (C=O) groups is 2. The van der Waals surface area contributed by atoms with E-state index < -0.39 is 26.5 Å². The third kappa shape index (κ3) is 43.8. The molecule has 0 bridgehead atoms. The number of ether oxygens (including phenoxy) is 2. The third-order valence-corrected chi connectivity index (χ3v) is 11.2. The first-order chi connectivity index (χ1) is 28.0. The van der Waals surface area contributed by atoms with Crippen molar-refractivity contribution in [3.8, 4) is 0 Å². The average molecular weight is 841 g/mol. The van der Waals surface area contributed by atoms with Gasteiger partial charge in [0.15, 0.2) is 6.10 Å². The normalized spacial score (nSPS) is 13.8. The molecule has 0 fully saturated rings. The number of esters is 2. The lowest BCUT2D eigenvalue weighted by Crippen LogP contribution is -2.37. The molecule has 1 N–H and O–H groups in total. The van der Waals surface area contributed by atoms with Crippen molar-refractivity contribution in [1.29, 1.82) is 0 Å². The van der Waals surface area contributed by atoms with Crippen molar-refractivity contribution in [1.82, 2.24) is 0 Å². The molecule has 0 saturated carbocycles. The first-order valence-electron chi connectivity index (χ1n) is 23.7. The number of phosphoric acid groups is 1. The van der Waals surface area contributed by atoms with Crippen molar-refractivity contribution in [2.45, 2.75) is 213 Å². The molecule has 340 valence electrons. The van der Waals surface area contributed by atoms with Gasteiger partial charge in [-0.3, -0.25) is 18.6 Å². The fourth-order valence-electron chi connectivity index (χ4n) is 6.50. The molecular formula is C48H91NO8P+. The summed E-state index contributed by atoms with van der Waals surface area (Å²) in [5, 5.41) is 0. The van der Waals surface area contributed by atoms with Gasteiger partial charge >= 0.3 is 19.8 Å². The van der Waals surface area contributed by atoms with E-state index in [0.717, 1.165) is 70.6 Å². The van der Waals surface area contributed by atoms with Crippen molar-refractivity contribution in [2.75, 3.05) is 47.5 Å². The maximum atomic E-state index is 12.7. The Morgan fingerprint density at radius 1 is 0.552 bits per heavy atom. The molecule has 58 heavy (non-hydrogen) atoms. The van der Waals surface area contributed by atoms with Crippen LogP contribution >= 0.6 is 7.82 Å². The molecule has 2 atom stereocenters. The zero-order valence-electron chi connectivity index (χ0n) is 38.3. The molecule has 0 aromatic rings. The Morgan fingerprint density at radius 2 is 0.983 bits per heavy atom. The highest BCUT2D eigenvalue weighted by Crippen LogP contribution is 2.43. The minimum atomic E-state index is -4.38. The fourth-order valence-corrected chi connectivity index (χ4v) is 7.24. The number of phosphoric ester groups is 1. The van der Waals surface area contributed by atoms with E-state index in [0.29, 0.717) is 17.4 Å². The largest absolute Gasteiger partial charge is 0.472 e. The van der Waals surface area contributed by atoms with E-state index >= 15 is 0 Å². The van der Waals surface area contributed by atoms with E-state index in [-0.39, 0.29) is 32.0 Å². The number of unbranched alkanes of at least 4 members (excludes halogenated alkanes) is 23. The Hall–Kier alpha value is -1.77. The fraction of sp³-hybridized carbons (Fsp3) is 0.833. The summed E-state index contributed by atoms with van der Waals surface area (Å²) in [7, 11) is 1.47. The standard InChI is InChI=1S/C48H90NO8P/c1-6-8-10-12-14-16-18-20-22-23-24-25-27-28-30-32-34-36-38-40-47(50)54-44-46(45-56-58(52,53)55-43-42-49(3,4)5)57-48(51)41-39-37-35-33-31-29-26-21-19-17-15-13-11-9-7-2/h9,11,15,17,21,26,46H,6-8,10,12-14,16,18-20,22-25,27-45H2,1-5H3/p+1/b11-9+,17-15+,26-21+/t46-/m1/s1. The monoisotopic (exact) mass is 841 g/mol. The molecule has 9 nitrogen and oxygen atoms in total. The maximum absolute atomic E-state index is 12.7. The number of carbonyl (C=O) groups excluding carboxylic acids is 2. The molecule has 0 saturated heterocycles. The lowest BCUT2D eigenvalue weighted by molar-refractivity contribution is -0.870. The molecule has 10 heteroatoms. The quantitative estimate of drug-likeness (QED) is 0.0213. The Balaban J connectivity index is 4.28. The molecule has 0 radical (unpaired) electrons. The highest BCUT2D eigenvalue weighted by Gasteiger charge is 2.27. The van der Waals surface area contributed by atoms with Crippen molar-refractivity contribution in [3.05, 3.63) is 36.5 Å². The zero-order chi connectivity index (χ0) is 42.8. The van der Waals surface area contributed by atoms with Crippen LogP contribution in [0.1, 0.15) is 206 Å². The summed E-state index contributed by atoms with van der Waals surface area (Å²) in [4.78, 5) is 35.4. The third-order valence-electron chi connectivity index (χ3n) is 10.2. The molecule has 0 amide bonds. The van der Waals surface area contributed by atoms with Gasteiger partial charge in [0.2, 0.25) is 0 Å². The van der Waals surface area contributed by atoms with Gasteiger partial charge in [0.05, 0.1) is 27.7 Å². The SMILES string of the molecule is CC/C=C/C/C=C/C/C=C/CCCCCCCC(=O)O[C@H](COC(=O)CCCCCCCCCCCCCCCCCCCCC)COP(=O)(O)OCC[N+](C)(C)C. The van der Waals surface area contributed by atoms with Crippen LogP contribution in [0.2, 0.25) is 0 Å². The van der Waals surface area contributed by atoms with Crippen molar-refractivity contribution >= 4 is 19.8 Å². The number of likely N-dealkylation sites (N-methyl/N-ethyl adjacent to an activating group) is 1. The molecule has 0 aromatic heterocycles. The summed E-state index contributed by atoms with van der Waals surface area (Å²) >= 11 is 0. The van der Waals surface area contributed by atoms with Crippen molar-refractivity contribution in [3.63, 3.8) is 0 Å². The average Bonchev–Trinajstić information content (AvgIpc) is 3.17. The molecule has 0 heterocycles. The molecule has 0 aliphatic heterocycles. The second-order valence-electron chi connectivity index (χ2n) is 17.1. The smallest absolute Gasteiger partial charge is 0.462 e. The lowest BCUT2D eigenvalue weighted by Gasteiger charge is -2.24. The van der Waals surface area contributed by atoms with Crippen LogP contribution in [0.3, 0.4) is 0 Å². The Kier molecular flexibility index (Phi) is 39.4. The number of rotatable bonds is 43. The zero-order valence-corrected chi connectivity index (χ0v) is 39.2.